The summed E-state index contributed by atoms with van der Waals surface area (Å²) in [5.41, 5.74) is 0.323. The zero-order chi connectivity index (χ0) is 25.0. The van der Waals surface area contributed by atoms with Gasteiger partial charge in [-0.3, -0.25) is 9.11 Å². The van der Waals surface area contributed by atoms with E-state index in [1.807, 2.05) is 0 Å². The Morgan fingerprint density at radius 3 is 1.56 bits per heavy atom. The number of hydrogen-bond acceptors (Lipinski definition) is 5. The molecular formula is C24H40N2Na2O6S2. The van der Waals surface area contributed by atoms with Gasteiger partial charge in [-0.25, -0.2) is 4.98 Å². The fraction of sp³-hybridized carbons (Fsp3) is 0.708. The molecule has 0 aliphatic rings. The van der Waals surface area contributed by atoms with Gasteiger partial charge in [0.1, 0.15) is 4.90 Å². The molecule has 0 bridgehead atoms. The molecule has 0 atom stereocenters. The van der Waals surface area contributed by atoms with Gasteiger partial charge in [-0.05, 0) is 24.5 Å². The molecule has 0 unspecified atom stereocenters. The van der Waals surface area contributed by atoms with Crippen LogP contribution in [-0.4, -0.2) is 95.0 Å². The van der Waals surface area contributed by atoms with Crippen LogP contribution >= 0.6 is 0 Å². The number of aryl methyl sites for hydroxylation is 1. The van der Waals surface area contributed by atoms with E-state index in [1.54, 1.807) is 0 Å². The van der Waals surface area contributed by atoms with Gasteiger partial charge in [0.2, 0.25) is 0 Å². The zero-order valence-corrected chi connectivity index (χ0v) is 27.9. The molecule has 1 aromatic carbocycles. The van der Waals surface area contributed by atoms with Crippen molar-refractivity contribution in [1.29, 1.82) is 0 Å². The monoisotopic (exact) mass is 562 g/mol. The van der Waals surface area contributed by atoms with Crippen molar-refractivity contribution in [2.45, 2.75) is 120 Å². The topological polar surface area (TPSA) is 137 Å². The number of hydrogen-bond donors (Lipinski definition) is 3. The number of aromatic nitrogens is 2. The molecule has 12 heteroatoms. The summed E-state index contributed by atoms with van der Waals surface area (Å²) in [6, 6.07) is 3.01. The van der Waals surface area contributed by atoms with Crippen LogP contribution in [0.4, 0.5) is 0 Å². The predicted octanol–water partition coefficient (Wildman–Crippen LogP) is 5.71. The molecule has 1 aromatic heterocycles. The second-order valence-electron chi connectivity index (χ2n) is 9.14. The average Bonchev–Trinajstić information content (AvgIpc) is 3.20. The fourth-order valence-electron chi connectivity index (χ4n) is 4.37. The van der Waals surface area contributed by atoms with Gasteiger partial charge in [0.05, 0.1) is 11.0 Å². The van der Waals surface area contributed by atoms with Gasteiger partial charge in [0.25, 0.3) is 15.3 Å². The molecule has 3 N–H and O–H groups in total. The Labute approximate surface area is 261 Å². The van der Waals surface area contributed by atoms with E-state index in [2.05, 4.69) is 16.9 Å². The van der Waals surface area contributed by atoms with Crippen molar-refractivity contribution in [3.05, 3.63) is 17.7 Å². The van der Waals surface area contributed by atoms with Gasteiger partial charge in [0.15, 0.2) is 0 Å². The van der Waals surface area contributed by atoms with Gasteiger partial charge in [-0.2, -0.15) is 16.8 Å². The number of fused-ring (bicyclic) bond motifs is 1. The Morgan fingerprint density at radius 2 is 1.14 bits per heavy atom. The third-order valence-electron chi connectivity index (χ3n) is 6.22. The van der Waals surface area contributed by atoms with E-state index < -0.39 is 25.4 Å². The first-order valence-corrected chi connectivity index (χ1v) is 15.5. The minimum Gasteiger partial charge on any atom is -0.326 e. The standard InChI is InChI=1S/C24H40N2O6S2.2Na/c1-2-3-4-5-6-7-8-9-10-11-12-13-14-15-16-17-20-18-19-21-22(23(20)33(27,28)29)26-24(25-21)34(30,31)32;;/h18-19H,2-17H2,1H3,(H,25,26)(H,27,28,29)(H,30,31,32);;. The Kier molecular flexibility index (Phi) is 19.0. The van der Waals surface area contributed by atoms with Crippen LogP contribution in [0.2, 0.25) is 0 Å². The third kappa shape index (κ3) is 13.0. The number of unbranched alkanes of at least 4 members (excludes halogenated alkanes) is 14. The van der Waals surface area contributed by atoms with E-state index in [0.717, 1.165) is 25.7 Å². The van der Waals surface area contributed by atoms with Crippen LogP contribution in [0.5, 0.6) is 0 Å². The molecule has 1 heterocycles. The predicted molar refractivity (Wildman–Crippen MR) is 146 cm³/mol. The van der Waals surface area contributed by atoms with Crippen molar-refractivity contribution in [3.63, 3.8) is 0 Å². The van der Waals surface area contributed by atoms with Crippen LogP contribution in [-0.2, 0) is 26.7 Å². The molecule has 0 spiro atoms. The van der Waals surface area contributed by atoms with Gasteiger partial charge in [-0.15, -0.1) is 0 Å². The maximum atomic E-state index is 12.0. The van der Waals surface area contributed by atoms with E-state index >= 15 is 0 Å². The van der Waals surface area contributed by atoms with Crippen LogP contribution in [0.3, 0.4) is 0 Å². The van der Waals surface area contributed by atoms with E-state index in [-0.39, 0.29) is 75.0 Å². The minimum atomic E-state index is -4.63. The summed E-state index contributed by atoms with van der Waals surface area (Å²) in [4.78, 5) is 5.65. The Balaban J connectivity index is 0.00000612. The molecule has 196 valence electrons. The number of aromatic amines is 1. The fourth-order valence-corrected chi connectivity index (χ4v) is 5.73. The van der Waals surface area contributed by atoms with Crippen LogP contribution in [0, 0.1) is 0 Å². The summed E-state index contributed by atoms with van der Waals surface area (Å²) in [5, 5.41) is -0.753. The molecule has 36 heavy (non-hydrogen) atoms. The number of rotatable bonds is 18. The normalized spacial score (nSPS) is 11.9. The van der Waals surface area contributed by atoms with Crippen molar-refractivity contribution in [2.24, 2.45) is 0 Å². The summed E-state index contributed by atoms with van der Waals surface area (Å²) in [7, 11) is -9.24. The second kappa shape index (κ2) is 18.7. The smallest absolute Gasteiger partial charge is 0.326 e. The Hall–Kier alpha value is 0.510. The van der Waals surface area contributed by atoms with Crippen molar-refractivity contribution >= 4 is 90.4 Å². The number of imidazole rings is 1. The molecule has 2 rings (SSSR count). The largest absolute Gasteiger partial charge is 0.328 e. The Bertz CT molecular complexity index is 1110. The van der Waals surface area contributed by atoms with E-state index in [0.29, 0.717) is 12.0 Å². The van der Waals surface area contributed by atoms with E-state index in [4.69, 9.17) is 0 Å². The molecule has 0 fully saturated rings. The average molecular weight is 563 g/mol. The first-order valence-electron chi connectivity index (χ1n) is 12.6. The first-order chi connectivity index (χ1) is 16.1. The quantitative estimate of drug-likeness (QED) is 0.120. The SMILES string of the molecule is CCCCCCCCCCCCCCCCCc1ccc2nc(S(=O)(=O)O)[nH]c2c1S(=O)(=O)O.[Na].[Na]. The molecule has 2 radical (unpaired) electrons. The molecule has 0 aliphatic carbocycles. The van der Waals surface area contributed by atoms with Crippen LogP contribution in [0.25, 0.3) is 11.0 Å². The summed E-state index contributed by atoms with van der Waals surface area (Å²) in [6.45, 7) is 2.24. The number of H-pyrrole nitrogens is 1. The van der Waals surface area contributed by atoms with Crippen molar-refractivity contribution < 1.29 is 25.9 Å². The minimum absolute atomic E-state index is 0. The molecule has 0 saturated carbocycles. The summed E-state index contributed by atoms with van der Waals surface area (Å²) in [6.07, 6.45) is 18.9. The van der Waals surface area contributed by atoms with E-state index in [1.165, 1.54) is 82.8 Å². The van der Waals surface area contributed by atoms with Gasteiger partial charge >= 0.3 is 10.1 Å². The summed E-state index contributed by atoms with van der Waals surface area (Å²) >= 11 is 0. The van der Waals surface area contributed by atoms with Crippen LogP contribution in [0.15, 0.2) is 22.2 Å². The first kappa shape index (κ1) is 36.5. The zero-order valence-electron chi connectivity index (χ0n) is 22.3. The van der Waals surface area contributed by atoms with Gasteiger partial charge in [-0.1, -0.05) is 103 Å². The van der Waals surface area contributed by atoms with Crippen molar-refractivity contribution in [1.82, 2.24) is 9.97 Å². The van der Waals surface area contributed by atoms with Crippen LogP contribution in [0.1, 0.15) is 109 Å². The molecule has 8 nitrogen and oxygen atoms in total. The maximum Gasteiger partial charge on any atom is 0.328 e. The van der Waals surface area contributed by atoms with Crippen LogP contribution < -0.4 is 0 Å². The van der Waals surface area contributed by atoms with Crippen molar-refractivity contribution in [2.75, 3.05) is 0 Å². The molecule has 0 saturated heterocycles. The molecular weight excluding hydrogens is 522 g/mol. The molecule has 2 aromatic rings. The molecule has 0 amide bonds. The Morgan fingerprint density at radius 1 is 0.694 bits per heavy atom. The number of benzene rings is 1. The summed E-state index contributed by atoms with van der Waals surface area (Å²) < 4.78 is 65.5. The van der Waals surface area contributed by atoms with Crippen molar-refractivity contribution in [3.8, 4) is 0 Å². The number of nitrogens with zero attached hydrogens (tertiary/aromatic N) is 1. The molecule has 0 aliphatic heterocycles. The summed E-state index contributed by atoms with van der Waals surface area (Å²) in [5.74, 6) is 0. The maximum absolute atomic E-state index is 12.0. The second-order valence-corrected chi connectivity index (χ2v) is 11.8. The van der Waals surface area contributed by atoms with E-state index in [9.17, 15) is 25.9 Å². The third-order valence-corrected chi connectivity index (χ3v) is 7.89. The number of nitrogens with one attached hydrogen (secondary N) is 1. The van der Waals surface area contributed by atoms with Gasteiger partial charge in [0, 0.05) is 59.1 Å². The van der Waals surface area contributed by atoms with Gasteiger partial charge < -0.3 is 4.98 Å².